The van der Waals surface area contributed by atoms with Crippen LogP contribution in [0.2, 0.25) is 5.02 Å². The van der Waals surface area contributed by atoms with E-state index in [-0.39, 0.29) is 12.6 Å². The molecular formula is C9H10BrClN2O3. The highest BCUT2D eigenvalue weighted by Gasteiger charge is 2.08. The molecule has 0 spiro atoms. The SMILES string of the molecule is CC(COc1ncc(Cl)cc1Br)NC(=O)O. The molecule has 0 aliphatic heterocycles. The summed E-state index contributed by atoms with van der Waals surface area (Å²) in [5.74, 6) is 0.378. The molecule has 7 heteroatoms. The number of pyridine rings is 1. The molecular weight excluding hydrogens is 299 g/mol. The lowest BCUT2D eigenvalue weighted by Crippen LogP contribution is -2.35. The highest BCUT2D eigenvalue weighted by Crippen LogP contribution is 2.24. The normalized spacial score (nSPS) is 11.9. The van der Waals surface area contributed by atoms with Crippen LogP contribution in [-0.2, 0) is 0 Å². The lowest BCUT2D eigenvalue weighted by Gasteiger charge is -2.12. The summed E-state index contributed by atoms with van der Waals surface area (Å²) in [6.07, 6.45) is 0.371. The molecule has 5 nitrogen and oxygen atoms in total. The van der Waals surface area contributed by atoms with Crippen molar-refractivity contribution in [2.75, 3.05) is 6.61 Å². The van der Waals surface area contributed by atoms with Crippen LogP contribution < -0.4 is 10.1 Å². The number of nitrogens with zero attached hydrogens (tertiary/aromatic N) is 1. The van der Waals surface area contributed by atoms with Gasteiger partial charge in [0.1, 0.15) is 6.61 Å². The van der Waals surface area contributed by atoms with Crippen LogP contribution in [0.3, 0.4) is 0 Å². The Hall–Kier alpha value is -1.01. The van der Waals surface area contributed by atoms with Gasteiger partial charge in [-0.1, -0.05) is 11.6 Å². The third-order valence-corrected chi connectivity index (χ3v) is 2.39. The zero-order chi connectivity index (χ0) is 12.1. The molecule has 16 heavy (non-hydrogen) atoms. The molecule has 0 aliphatic rings. The fraction of sp³-hybridized carbons (Fsp3) is 0.333. The van der Waals surface area contributed by atoms with Crippen LogP contribution in [0.5, 0.6) is 5.88 Å². The van der Waals surface area contributed by atoms with Gasteiger partial charge in [-0.25, -0.2) is 9.78 Å². The van der Waals surface area contributed by atoms with Gasteiger partial charge in [0.25, 0.3) is 0 Å². The Balaban J connectivity index is 2.51. The number of carbonyl (C=O) groups is 1. The van der Waals surface area contributed by atoms with Gasteiger partial charge in [0.05, 0.1) is 15.5 Å². The Kier molecular flexibility index (Phi) is 4.82. The molecule has 0 aliphatic carbocycles. The van der Waals surface area contributed by atoms with Crippen LogP contribution in [0.4, 0.5) is 4.79 Å². The zero-order valence-corrected chi connectivity index (χ0v) is 10.7. The van der Waals surface area contributed by atoms with E-state index < -0.39 is 6.09 Å². The number of nitrogens with one attached hydrogen (secondary N) is 1. The zero-order valence-electron chi connectivity index (χ0n) is 8.41. The van der Waals surface area contributed by atoms with E-state index in [2.05, 4.69) is 26.2 Å². The lowest BCUT2D eigenvalue weighted by molar-refractivity contribution is 0.182. The standard InChI is InChI=1S/C9H10BrClN2O3/c1-5(13-9(14)15)4-16-8-7(10)2-6(11)3-12-8/h2-3,5,13H,4H2,1H3,(H,14,15). The second-order valence-corrected chi connectivity index (χ2v) is 4.39. The lowest BCUT2D eigenvalue weighted by atomic mass is 10.4. The molecule has 88 valence electrons. The van der Waals surface area contributed by atoms with E-state index in [1.807, 2.05) is 0 Å². The van der Waals surface area contributed by atoms with Crippen molar-refractivity contribution in [3.05, 3.63) is 21.8 Å². The monoisotopic (exact) mass is 308 g/mol. The average molecular weight is 310 g/mol. The molecule has 1 aromatic heterocycles. The number of hydrogen-bond donors (Lipinski definition) is 2. The summed E-state index contributed by atoms with van der Waals surface area (Å²) in [5, 5.41) is 11.2. The summed E-state index contributed by atoms with van der Waals surface area (Å²) >= 11 is 8.95. The van der Waals surface area contributed by atoms with E-state index >= 15 is 0 Å². The van der Waals surface area contributed by atoms with Crippen molar-refractivity contribution in [2.45, 2.75) is 13.0 Å². The first kappa shape index (κ1) is 13.1. The van der Waals surface area contributed by atoms with Gasteiger partial charge in [-0.3, -0.25) is 0 Å². The Morgan fingerprint density at radius 2 is 2.50 bits per heavy atom. The molecule has 0 aromatic carbocycles. The fourth-order valence-electron chi connectivity index (χ4n) is 0.965. The molecule has 0 fully saturated rings. The predicted octanol–water partition coefficient (Wildman–Crippen LogP) is 2.53. The summed E-state index contributed by atoms with van der Waals surface area (Å²) in [4.78, 5) is 14.3. The average Bonchev–Trinajstić information content (AvgIpc) is 2.15. The molecule has 1 atom stereocenters. The molecule has 1 amide bonds. The highest BCUT2D eigenvalue weighted by atomic mass is 79.9. The molecule has 1 aromatic rings. The molecule has 0 saturated carbocycles. The molecule has 0 bridgehead atoms. The third kappa shape index (κ3) is 4.24. The van der Waals surface area contributed by atoms with Crippen LogP contribution in [0, 0.1) is 0 Å². The number of carboxylic acid groups (broad SMARTS) is 1. The summed E-state index contributed by atoms with van der Waals surface area (Å²) < 4.78 is 5.94. The second-order valence-electron chi connectivity index (χ2n) is 3.10. The van der Waals surface area contributed by atoms with Gasteiger partial charge >= 0.3 is 6.09 Å². The Morgan fingerprint density at radius 1 is 1.81 bits per heavy atom. The van der Waals surface area contributed by atoms with Crippen LogP contribution in [0.15, 0.2) is 16.7 Å². The van der Waals surface area contributed by atoms with E-state index in [1.54, 1.807) is 13.0 Å². The quantitative estimate of drug-likeness (QED) is 0.896. The van der Waals surface area contributed by atoms with Crippen LogP contribution in [0.25, 0.3) is 0 Å². The molecule has 0 radical (unpaired) electrons. The molecule has 1 rings (SSSR count). The minimum atomic E-state index is -1.08. The van der Waals surface area contributed by atoms with Crippen molar-refractivity contribution < 1.29 is 14.6 Å². The molecule has 1 heterocycles. The third-order valence-electron chi connectivity index (χ3n) is 1.61. The van der Waals surface area contributed by atoms with Gasteiger partial charge in [-0.15, -0.1) is 0 Å². The van der Waals surface area contributed by atoms with E-state index in [4.69, 9.17) is 21.4 Å². The number of rotatable bonds is 4. The van der Waals surface area contributed by atoms with Crippen molar-refractivity contribution >= 4 is 33.6 Å². The van der Waals surface area contributed by atoms with E-state index in [1.165, 1.54) is 6.20 Å². The van der Waals surface area contributed by atoms with Crippen LogP contribution >= 0.6 is 27.5 Å². The number of amides is 1. The Labute approximate surface area is 106 Å². The molecule has 1 unspecified atom stereocenters. The predicted molar refractivity (Wildman–Crippen MR) is 63.1 cm³/mol. The molecule has 2 N–H and O–H groups in total. The van der Waals surface area contributed by atoms with Gasteiger partial charge in [-0.2, -0.15) is 0 Å². The maximum atomic E-state index is 10.3. The van der Waals surface area contributed by atoms with Gasteiger partial charge in [0.2, 0.25) is 5.88 Å². The van der Waals surface area contributed by atoms with Crippen molar-refractivity contribution in [3.63, 3.8) is 0 Å². The maximum absolute atomic E-state index is 10.3. The summed E-state index contributed by atoms with van der Waals surface area (Å²) in [6, 6.07) is 1.33. The van der Waals surface area contributed by atoms with Crippen molar-refractivity contribution in [3.8, 4) is 5.88 Å². The smallest absolute Gasteiger partial charge is 0.404 e. The summed E-state index contributed by atoms with van der Waals surface area (Å²) in [5.41, 5.74) is 0. The highest BCUT2D eigenvalue weighted by molar-refractivity contribution is 9.10. The second kappa shape index (κ2) is 5.91. The fourth-order valence-corrected chi connectivity index (χ4v) is 1.72. The minimum absolute atomic E-state index is 0.194. The van der Waals surface area contributed by atoms with Gasteiger partial charge in [-0.05, 0) is 28.9 Å². The number of ether oxygens (including phenoxy) is 1. The topological polar surface area (TPSA) is 71.5 Å². The van der Waals surface area contributed by atoms with E-state index in [9.17, 15) is 4.79 Å². The van der Waals surface area contributed by atoms with E-state index in [0.29, 0.717) is 15.4 Å². The minimum Gasteiger partial charge on any atom is -0.475 e. The van der Waals surface area contributed by atoms with Gasteiger partial charge < -0.3 is 15.2 Å². The van der Waals surface area contributed by atoms with Crippen molar-refractivity contribution in [2.24, 2.45) is 0 Å². The Bertz CT molecular complexity index is 389. The van der Waals surface area contributed by atoms with E-state index in [0.717, 1.165) is 0 Å². The van der Waals surface area contributed by atoms with Gasteiger partial charge in [0.15, 0.2) is 0 Å². The molecule has 0 saturated heterocycles. The Morgan fingerprint density at radius 3 is 3.06 bits per heavy atom. The van der Waals surface area contributed by atoms with Crippen molar-refractivity contribution in [1.29, 1.82) is 0 Å². The van der Waals surface area contributed by atoms with Crippen LogP contribution in [0.1, 0.15) is 6.92 Å². The number of hydrogen-bond acceptors (Lipinski definition) is 3. The van der Waals surface area contributed by atoms with Crippen molar-refractivity contribution in [1.82, 2.24) is 10.3 Å². The number of halogens is 2. The first-order chi connectivity index (χ1) is 7.49. The van der Waals surface area contributed by atoms with Gasteiger partial charge in [0, 0.05) is 6.20 Å². The van der Waals surface area contributed by atoms with Crippen LogP contribution in [-0.4, -0.2) is 28.8 Å². The summed E-state index contributed by atoms with van der Waals surface area (Å²) in [6.45, 7) is 1.89. The maximum Gasteiger partial charge on any atom is 0.404 e. The first-order valence-corrected chi connectivity index (χ1v) is 5.59. The first-order valence-electron chi connectivity index (χ1n) is 4.42. The largest absolute Gasteiger partial charge is 0.475 e. The number of aromatic nitrogens is 1. The summed E-state index contributed by atoms with van der Waals surface area (Å²) in [7, 11) is 0.